The Morgan fingerprint density at radius 1 is 1.38 bits per heavy atom. The number of esters is 1. The van der Waals surface area contributed by atoms with E-state index in [9.17, 15) is 4.79 Å². The Morgan fingerprint density at radius 3 is 2.50 bits per heavy atom. The lowest BCUT2D eigenvalue weighted by molar-refractivity contribution is -0.135. The molecule has 0 saturated heterocycles. The van der Waals surface area contributed by atoms with Crippen LogP contribution < -0.4 is 0 Å². The Hall–Kier alpha value is -1.79. The third-order valence-electron chi connectivity index (χ3n) is 2.21. The van der Waals surface area contributed by atoms with Gasteiger partial charge in [-0.05, 0) is 18.9 Å². The summed E-state index contributed by atoms with van der Waals surface area (Å²) >= 11 is 0. The molecule has 0 aliphatic rings. The number of ether oxygens (including phenoxy) is 1. The van der Waals surface area contributed by atoms with E-state index in [4.69, 9.17) is 4.74 Å². The van der Waals surface area contributed by atoms with Crippen LogP contribution in [0.3, 0.4) is 0 Å². The summed E-state index contributed by atoms with van der Waals surface area (Å²) in [5.41, 5.74) is 6.35. The summed E-state index contributed by atoms with van der Waals surface area (Å²) in [6.07, 6.45) is 2.17. The molecule has 0 unspecified atom stereocenters. The van der Waals surface area contributed by atoms with Crippen molar-refractivity contribution in [3.8, 4) is 0 Å². The van der Waals surface area contributed by atoms with Crippen LogP contribution in [0, 0.1) is 6.92 Å². The number of rotatable bonds is 3. The van der Waals surface area contributed by atoms with E-state index < -0.39 is 0 Å². The van der Waals surface area contributed by atoms with E-state index in [2.05, 4.69) is 17.9 Å². The molecular weight excluding hydrogens is 200 g/mol. The maximum atomic E-state index is 10.6. The molecule has 0 bridgehead atoms. The SMILES string of the molecule is CCC(=C=COC(C)=O)c1ccc(C)cc1. The summed E-state index contributed by atoms with van der Waals surface area (Å²) in [7, 11) is 0. The molecule has 2 heteroatoms. The fourth-order valence-electron chi connectivity index (χ4n) is 1.33. The first-order chi connectivity index (χ1) is 7.63. The molecule has 1 rings (SSSR count). The molecule has 0 fully saturated rings. The first kappa shape index (κ1) is 12.3. The van der Waals surface area contributed by atoms with Gasteiger partial charge in [0, 0.05) is 12.5 Å². The van der Waals surface area contributed by atoms with Crippen molar-refractivity contribution in [2.45, 2.75) is 27.2 Å². The standard InChI is InChI=1S/C14H16O2/c1-4-13(9-10-16-12(3)15)14-7-5-11(2)6-8-14/h5-8,10H,4H2,1-3H3. The fraction of sp³-hybridized carbons (Fsp3) is 0.286. The van der Waals surface area contributed by atoms with Crippen molar-refractivity contribution in [1.82, 2.24) is 0 Å². The summed E-state index contributed by atoms with van der Waals surface area (Å²) < 4.78 is 4.72. The van der Waals surface area contributed by atoms with Gasteiger partial charge in [0.05, 0.1) is 0 Å². The predicted molar refractivity (Wildman–Crippen MR) is 64.7 cm³/mol. The van der Waals surface area contributed by atoms with Gasteiger partial charge in [0.25, 0.3) is 0 Å². The van der Waals surface area contributed by atoms with Crippen molar-refractivity contribution >= 4 is 11.5 Å². The van der Waals surface area contributed by atoms with E-state index in [0.717, 1.165) is 17.6 Å². The van der Waals surface area contributed by atoms with Crippen molar-refractivity contribution in [2.24, 2.45) is 0 Å². The monoisotopic (exact) mass is 216 g/mol. The van der Waals surface area contributed by atoms with Gasteiger partial charge in [-0.2, -0.15) is 0 Å². The van der Waals surface area contributed by atoms with Gasteiger partial charge in [0.1, 0.15) is 6.26 Å². The molecular formula is C14H16O2. The highest BCUT2D eigenvalue weighted by atomic mass is 16.5. The summed E-state index contributed by atoms with van der Waals surface area (Å²) in [4.78, 5) is 10.6. The van der Waals surface area contributed by atoms with Crippen molar-refractivity contribution in [3.63, 3.8) is 0 Å². The Kier molecular flexibility index (Phi) is 4.56. The molecule has 0 saturated carbocycles. The highest BCUT2D eigenvalue weighted by molar-refractivity contribution is 5.68. The van der Waals surface area contributed by atoms with E-state index in [1.54, 1.807) is 0 Å². The van der Waals surface area contributed by atoms with Crippen molar-refractivity contribution in [1.29, 1.82) is 0 Å². The van der Waals surface area contributed by atoms with Gasteiger partial charge >= 0.3 is 5.97 Å². The predicted octanol–water partition coefficient (Wildman–Crippen LogP) is 3.46. The number of allylic oxidation sites excluding steroid dienone is 1. The Morgan fingerprint density at radius 2 is 2.00 bits per heavy atom. The van der Waals surface area contributed by atoms with Crippen LogP contribution in [0.2, 0.25) is 0 Å². The van der Waals surface area contributed by atoms with Crippen molar-refractivity contribution in [2.75, 3.05) is 0 Å². The summed E-state index contributed by atoms with van der Waals surface area (Å²) in [5, 5.41) is 0. The molecule has 1 aromatic rings. The van der Waals surface area contributed by atoms with Gasteiger partial charge in [0.15, 0.2) is 0 Å². The molecule has 16 heavy (non-hydrogen) atoms. The van der Waals surface area contributed by atoms with Crippen LogP contribution in [0.5, 0.6) is 0 Å². The molecule has 0 spiro atoms. The molecule has 0 aliphatic heterocycles. The number of hydrogen-bond donors (Lipinski definition) is 0. The summed E-state index contributed by atoms with van der Waals surface area (Å²) in [5.74, 6) is -0.327. The number of aryl methyl sites for hydroxylation is 1. The molecule has 2 nitrogen and oxygen atoms in total. The lowest BCUT2D eigenvalue weighted by Crippen LogP contribution is -1.89. The van der Waals surface area contributed by atoms with E-state index >= 15 is 0 Å². The minimum absolute atomic E-state index is 0.327. The van der Waals surface area contributed by atoms with E-state index in [-0.39, 0.29) is 5.97 Å². The lowest BCUT2D eigenvalue weighted by atomic mass is 10.0. The minimum Gasteiger partial charge on any atom is -0.426 e. The van der Waals surface area contributed by atoms with Gasteiger partial charge in [-0.25, -0.2) is 0 Å². The first-order valence-electron chi connectivity index (χ1n) is 5.31. The van der Waals surface area contributed by atoms with E-state index in [1.807, 2.05) is 26.0 Å². The second-order valence-corrected chi connectivity index (χ2v) is 3.57. The van der Waals surface area contributed by atoms with Crippen LogP contribution in [0.15, 0.2) is 36.3 Å². The molecule has 0 aromatic heterocycles. The summed E-state index contributed by atoms with van der Waals surface area (Å²) in [6, 6.07) is 8.20. The average Bonchev–Trinajstić information content (AvgIpc) is 2.26. The summed E-state index contributed by atoms with van der Waals surface area (Å²) in [6.45, 7) is 5.47. The number of benzene rings is 1. The van der Waals surface area contributed by atoms with Gasteiger partial charge in [0.2, 0.25) is 0 Å². The van der Waals surface area contributed by atoms with Gasteiger partial charge in [-0.1, -0.05) is 42.5 Å². The number of carbonyl (C=O) groups excluding carboxylic acids is 1. The Labute approximate surface area is 96.2 Å². The average molecular weight is 216 g/mol. The van der Waals surface area contributed by atoms with Gasteiger partial charge in [-0.15, -0.1) is 0 Å². The smallest absolute Gasteiger partial charge is 0.308 e. The number of hydrogen-bond acceptors (Lipinski definition) is 2. The second-order valence-electron chi connectivity index (χ2n) is 3.57. The molecule has 0 aliphatic carbocycles. The topological polar surface area (TPSA) is 26.3 Å². The number of carbonyl (C=O) groups is 1. The van der Waals surface area contributed by atoms with Crippen molar-refractivity contribution < 1.29 is 9.53 Å². The van der Waals surface area contributed by atoms with Crippen LogP contribution >= 0.6 is 0 Å². The zero-order valence-electron chi connectivity index (χ0n) is 9.91. The van der Waals surface area contributed by atoms with Crippen LogP contribution in [0.1, 0.15) is 31.4 Å². The fourth-order valence-corrected chi connectivity index (χ4v) is 1.33. The Bertz CT molecular complexity index is 421. The normalized spacial score (nSPS) is 9.19. The highest BCUT2D eigenvalue weighted by Gasteiger charge is 1.97. The highest BCUT2D eigenvalue weighted by Crippen LogP contribution is 2.16. The van der Waals surface area contributed by atoms with Crippen LogP contribution in [-0.4, -0.2) is 5.97 Å². The molecule has 0 heterocycles. The third kappa shape index (κ3) is 3.76. The zero-order chi connectivity index (χ0) is 12.0. The van der Waals surface area contributed by atoms with Crippen LogP contribution in [0.4, 0.5) is 0 Å². The molecule has 0 amide bonds. The van der Waals surface area contributed by atoms with Crippen LogP contribution in [0.25, 0.3) is 5.57 Å². The zero-order valence-corrected chi connectivity index (χ0v) is 9.91. The first-order valence-corrected chi connectivity index (χ1v) is 5.31. The molecule has 0 N–H and O–H groups in total. The molecule has 0 radical (unpaired) electrons. The van der Waals surface area contributed by atoms with Crippen molar-refractivity contribution in [3.05, 3.63) is 47.4 Å². The van der Waals surface area contributed by atoms with Gasteiger partial charge in [-0.3, -0.25) is 4.79 Å². The second kappa shape index (κ2) is 5.94. The Balaban J connectivity index is 2.93. The minimum atomic E-state index is -0.327. The molecule has 84 valence electrons. The van der Waals surface area contributed by atoms with Gasteiger partial charge < -0.3 is 4.74 Å². The van der Waals surface area contributed by atoms with E-state index in [0.29, 0.717) is 0 Å². The van der Waals surface area contributed by atoms with E-state index in [1.165, 1.54) is 18.7 Å². The maximum Gasteiger partial charge on any atom is 0.308 e. The maximum absolute atomic E-state index is 10.6. The quantitative estimate of drug-likeness (QED) is 0.439. The molecule has 1 aromatic carbocycles. The largest absolute Gasteiger partial charge is 0.426 e. The third-order valence-corrected chi connectivity index (χ3v) is 2.21. The molecule has 0 atom stereocenters. The van der Waals surface area contributed by atoms with Crippen LogP contribution in [-0.2, 0) is 9.53 Å². The lowest BCUT2D eigenvalue weighted by Gasteiger charge is -2.01.